The van der Waals surface area contributed by atoms with Crippen LogP contribution in [0.4, 0.5) is 0 Å². The van der Waals surface area contributed by atoms with Crippen molar-refractivity contribution >= 4 is 75.9 Å². The maximum absolute atomic E-state index is 14.1. The number of nitrogens with zero attached hydrogens (tertiary/aromatic N) is 1. The number of nitrogens with two attached hydrogens (primary N) is 4. The molecule has 0 radical (unpaired) electrons. The van der Waals surface area contributed by atoms with Gasteiger partial charge in [-0.2, -0.15) is 0 Å². The topological polar surface area (TPSA) is 424 Å². The molecule has 1 aliphatic heterocycles. The molecule has 4 rings (SSSR count). The Morgan fingerprint density at radius 3 is 1.85 bits per heavy atom. The SMILES string of the molecule is CC(C)[C@H](NC(=O)[C@@H](N)CCC(=O)O)C(=O)N[C@@H](CC(N)=O)C(=O)N[C@@H](Cc1ccccc1)C(=O)N[C@@H](CO)C(=O)N1CCC[C@H]1C(=O)N[C@@H](CC(N)=O)C(=O)N[C@@H](Cc1c[nH]c2ccccc12)C(N)=O. The lowest BCUT2D eigenvalue weighted by Gasteiger charge is -2.30. The summed E-state index contributed by atoms with van der Waals surface area (Å²) >= 11 is 0. The lowest BCUT2D eigenvalue weighted by Crippen LogP contribution is -2.61. The highest BCUT2D eigenvalue weighted by Gasteiger charge is 2.40. The van der Waals surface area contributed by atoms with Gasteiger partial charge in [0.05, 0.1) is 25.5 Å². The van der Waals surface area contributed by atoms with Crippen molar-refractivity contribution in [2.75, 3.05) is 13.2 Å². The average Bonchev–Trinajstić information content (AvgIpc) is 3.98. The van der Waals surface area contributed by atoms with Crippen molar-refractivity contribution in [2.45, 2.75) is 114 Å². The molecular weight excluding hydrogens is 929 g/mol. The molecule has 8 atom stereocenters. The molecule has 1 saturated heterocycles. The van der Waals surface area contributed by atoms with Gasteiger partial charge in [0.15, 0.2) is 0 Å². The summed E-state index contributed by atoms with van der Waals surface area (Å²) in [5.41, 5.74) is 24.2. The normalized spacial score (nSPS) is 16.2. The molecule has 0 bridgehead atoms. The van der Waals surface area contributed by atoms with Gasteiger partial charge in [0.25, 0.3) is 0 Å². The molecule has 17 N–H and O–H groups in total. The third-order valence-corrected chi connectivity index (χ3v) is 11.6. The number of aliphatic hydroxyl groups excluding tert-OH is 1. The number of rotatable bonds is 27. The molecule has 0 unspecified atom stereocenters. The average molecular weight is 991 g/mol. The Morgan fingerprint density at radius 1 is 0.690 bits per heavy atom. The zero-order chi connectivity index (χ0) is 52.5. The number of likely N-dealkylation sites (tertiary alicyclic amines) is 1. The van der Waals surface area contributed by atoms with E-state index in [4.69, 9.17) is 28.0 Å². The third kappa shape index (κ3) is 16.3. The number of aliphatic hydroxyl groups is 1. The molecule has 71 heavy (non-hydrogen) atoms. The number of carboxylic acids is 1. The Labute approximate surface area is 407 Å². The van der Waals surface area contributed by atoms with E-state index in [2.05, 4.69) is 36.9 Å². The minimum Gasteiger partial charge on any atom is -0.481 e. The van der Waals surface area contributed by atoms with E-state index < -0.39 is 145 Å². The summed E-state index contributed by atoms with van der Waals surface area (Å²) in [7, 11) is 0. The van der Waals surface area contributed by atoms with E-state index in [-0.39, 0.29) is 38.6 Å². The molecule has 0 aliphatic carbocycles. The number of amides is 10. The monoisotopic (exact) mass is 990 g/mol. The van der Waals surface area contributed by atoms with Crippen LogP contribution in [0.5, 0.6) is 0 Å². The molecular formula is C46H62N12O13. The number of carbonyl (C=O) groups excluding carboxylic acids is 10. The number of carboxylic acid groups (broad SMARTS) is 1. The number of para-hydroxylation sites is 1. The fourth-order valence-electron chi connectivity index (χ4n) is 7.86. The van der Waals surface area contributed by atoms with E-state index in [0.29, 0.717) is 11.1 Å². The van der Waals surface area contributed by atoms with Gasteiger partial charge in [0, 0.05) is 42.9 Å². The van der Waals surface area contributed by atoms with E-state index >= 15 is 0 Å². The van der Waals surface area contributed by atoms with E-state index in [1.807, 2.05) is 6.07 Å². The van der Waals surface area contributed by atoms with E-state index in [0.717, 1.165) is 15.8 Å². The molecule has 2 aromatic carbocycles. The number of primary amides is 3. The number of nitrogens with one attached hydrogen (secondary N) is 7. The molecule has 2 heterocycles. The van der Waals surface area contributed by atoms with Crippen molar-refractivity contribution in [3.63, 3.8) is 0 Å². The van der Waals surface area contributed by atoms with Gasteiger partial charge in [-0.1, -0.05) is 62.4 Å². The van der Waals surface area contributed by atoms with Gasteiger partial charge >= 0.3 is 5.97 Å². The van der Waals surface area contributed by atoms with E-state index in [1.54, 1.807) is 68.6 Å². The van der Waals surface area contributed by atoms with Gasteiger partial charge < -0.3 is 74.9 Å². The summed E-state index contributed by atoms with van der Waals surface area (Å²) in [6.07, 6.45) is -0.449. The Balaban J connectivity index is 1.49. The first-order valence-electron chi connectivity index (χ1n) is 22.8. The van der Waals surface area contributed by atoms with Crippen LogP contribution < -0.4 is 54.8 Å². The maximum Gasteiger partial charge on any atom is 0.303 e. The van der Waals surface area contributed by atoms with Crippen molar-refractivity contribution in [3.05, 3.63) is 71.9 Å². The maximum atomic E-state index is 14.1. The lowest BCUT2D eigenvalue weighted by atomic mass is 10.0. The van der Waals surface area contributed by atoms with Gasteiger partial charge in [-0.25, -0.2) is 0 Å². The Bertz CT molecular complexity index is 2450. The number of aliphatic carboxylic acids is 1. The van der Waals surface area contributed by atoms with Gasteiger partial charge in [0.1, 0.15) is 42.3 Å². The lowest BCUT2D eigenvalue weighted by molar-refractivity contribution is -0.143. The standard InChI is InChI=1S/C46H62N12O13/c1-23(2)38(57-40(65)27(47)14-15-37(62)63)45(70)55-32(20-36(49)61)43(68)53-30(17-24-9-4-3-5-10-24)41(66)56-33(22-59)46(71)58-16-8-13-34(58)44(69)54-31(19-35(48)60)42(67)52-29(39(50)64)18-25-21-51-28-12-7-6-11-26(25)28/h3-7,9-12,21,23,27,29-34,38,51,59H,8,13-20,22,47H2,1-2H3,(H2,48,60)(H2,49,61)(H2,50,64)(H,52,67)(H,53,68)(H,54,69)(H,55,70)(H,56,66)(H,57,65)(H,62,63)/t27-,29-,30-,31-,32-,33-,34-,38-/m0/s1. The van der Waals surface area contributed by atoms with Crippen LogP contribution >= 0.6 is 0 Å². The molecule has 1 aromatic heterocycles. The molecule has 384 valence electrons. The number of fused-ring (bicyclic) bond motifs is 1. The number of aromatic amines is 1. The van der Waals surface area contributed by atoms with Gasteiger partial charge in [0.2, 0.25) is 59.1 Å². The molecule has 10 amide bonds. The highest BCUT2D eigenvalue weighted by atomic mass is 16.4. The molecule has 3 aromatic rings. The van der Waals surface area contributed by atoms with E-state index in [9.17, 15) is 57.8 Å². The summed E-state index contributed by atoms with van der Waals surface area (Å²) in [5, 5.41) is 34.8. The number of H-pyrrole nitrogens is 1. The zero-order valence-corrected chi connectivity index (χ0v) is 39.2. The van der Waals surface area contributed by atoms with Crippen molar-refractivity contribution in [1.29, 1.82) is 0 Å². The molecule has 0 saturated carbocycles. The molecule has 1 aliphatic rings. The minimum atomic E-state index is -1.72. The second kappa shape index (κ2) is 26.2. The van der Waals surface area contributed by atoms with Crippen LogP contribution in [-0.2, 0) is 65.6 Å². The van der Waals surface area contributed by atoms with Gasteiger partial charge in [-0.15, -0.1) is 0 Å². The largest absolute Gasteiger partial charge is 0.481 e. The van der Waals surface area contributed by atoms with E-state index in [1.165, 1.54) is 0 Å². The highest BCUT2D eigenvalue weighted by molar-refractivity contribution is 6.00. The predicted molar refractivity (Wildman–Crippen MR) is 252 cm³/mol. The summed E-state index contributed by atoms with van der Waals surface area (Å²) in [6.45, 7) is 2.07. The van der Waals surface area contributed by atoms with Crippen molar-refractivity contribution in [2.24, 2.45) is 28.9 Å². The molecule has 25 nitrogen and oxygen atoms in total. The number of hydrogen-bond acceptors (Lipinski definition) is 13. The first-order chi connectivity index (χ1) is 33.6. The second-order valence-electron chi connectivity index (χ2n) is 17.4. The number of hydrogen-bond donors (Lipinski definition) is 13. The smallest absolute Gasteiger partial charge is 0.303 e. The quantitative estimate of drug-likeness (QED) is 0.0346. The van der Waals surface area contributed by atoms with Crippen LogP contribution in [0.25, 0.3) is 10.9 Å². The number of aromatic nitrogens is 1. The third-order valence-electron chi connectivity index (χ3n) is 11.6. The van der Waals surface area contributed by atoms with Crippen LogP contribution in [-0.4, -0.2) is 147 Å². The van der Waals surface area contributed by atoms with Gasteiger partial charge in [-0.05, 0) is 42.4 Å². The Kier molecular flexibility index (Phi) is 20.5. The Hall–Kier alpha value is -7.93. The van der Waals surface area contributed by atoms with Crippen LogP contribution in [0.2, 0.25) is 0 Å². The van der Waals surface area contributed by atoms with Crippen molar-refractivity contribution in [3.8, 4) is 0 Å². The number of carbonyl (C=O) groups is 11. The summed E-state index contributed by atoms with van der Waals surface area (Å²) in [4.78, 5) is 148. The second-order valence-corrected chi connectivity index (χ2v) is 17.4. The summed E-state index contributed by atoms with van der Waals surface area (Å²) in [6, 6.07) is 3.65. The minimum absolute atomic E-state index is 0.0443. The van der Waals surface area contributed by atoms with Crippen LogP contribution in [0.1, 0.15) is 63.5 Å². The first kappa shape index (κ1) is 55.7. The highest BCUT2D eigenvalue weighted by Crippen LogP contribution is 2.21. The fraction of sp³-hybridized carbons (Fsp3) is 0.457. The van der Waals surface area contributed by atoms with Crippen molar-refractivity contribution < 1.29 is 63.0 Å². The van der Waals surface area contributed by atoms with Crippen LogP contribution in [0.15, 0.2) is 60.8 Å². The fourth-order valence-corrected chi connectivity index (χ4v) is 7.86. The number of benzene rings is 2. The molecule has 25 heteroatoms. The molecule has 0 spiro atoms. The van der Waals surface area contributed by atoms with Gasteiger partial charge in [-0.3, -0.25) is 52.7 Å². The predicted octanol–water partition coefficient (Wildman–Crippen LogP) is -4.07. The Morgan fingerprint density at radius 2 is 1.25 bits per heavy atom. The van der Waals surface area contributed by atoms with Crippen LogP contribution in [0, 0.1) is 5.92 Å². The summed E-state index contributed by atoms with van der Waals surface area (Å²) in [5.74, 6) is -11.4. The molecule has 1 fully saturated rings. The first-order valence-corrected chi connectivity index (χ1v) is 22.8. The van der Waals surface area contributed by atoms with Crippen molar-refractivity contribution in [1.82, 2.24) is 41.8 Å². The zero-order valence-electron chi connectivity index (χ0n) is 39.2. The van der Waals surface area contributed by atoms with Crippen LogP contribution in [0.3, 0.4) is 0 Å². The summed E-state index contributed by atoms with van der Waals surface area (Å²) < 4.78 is 0.